The number of amides is 1. The van der Waals surface area contributed by atoms with Crippen molar-refractivity contribution in [3.8, 4) is 0 Å². The van der Waals surface area contributed by atoms with E-state index < -0.39 is 10.0 Å². The molecule has 2 N–H and O–H groups in total. The fraction of sp³-hybridized carbons (Fsp3) is 0.375. The number of hydrogen-bond acceptors (Lipinski definition) is 6. The molecule has 0 aromatic carbocycles. The highest BCUT2D eigenvalue weighted by atomic mass is 35.5. The Morgan fingerprint density at radius 1 is 1.42 bits per heavy atom. The van der Waals surface area contributed by atoms with E-state index in [1.165, 1.54) is 22.6 Å². The van der Waals surface area contributed by atoms with E-state index >= 15 is 0 Å². The zero-order valence-corrected chi connectivity index (χ0v) is 16.7. The first-order valence-electron chi connectivity index (χ1n) is 7.94. The molecule has 3 rings (SSSR count). The molecule has 3 heterocycles. The Labute approximate surface area is 163 Å². The van der Waals surface area contributed by atoms with E-state index in [9.17, 15) is 13.2 Å². The lowest BCUT2D eigenvalue weighted by atomic mass is 10.1. The summed E-state index contributed by atoms with van der Waals surface area (Å²) in [6.07, 6.45) is 3.38. The maximum absolute atomic E-state index is 13.1. The normalized spacial score (nSPS) is 18.1. The van der Waals surface area contributed by atoms with E-state index in [-0.39, 0.29) is 24.4 Å². The van der Waals surface area contributed by atoms with E-state index in [4.69, 9.17) is 0 Å². The zero-order valence-electron chi connectivity index (χ0n) is 14.2. The van der Waals surface area contributed by atoms with Gasteiger partial charge >= 0.3 is 0 Å². The Morgan fingerprint density at radius 2 is 2.23 bits per heavy atom. The number of carbonyl (C=O) groups excluding carboxylic acids is 1. The largest absolute Gasteiger partial charge is 0.351 e. The van der Waals surface area contributed by atoms with Crippen molar-refractivity contribution in [2.75, 3.05) is 19.6 Å². The van der Waals surface area contributed by atoms with Crippen LogP contribution in [0.5, 0.6) is 0 Å². The number of rotatable bonds is 5. The lowest BCUT2D eigenvalue weighted by Crippen LogP contribution is -2.48. The Morgan fingerprint density at radius 3 is 2.92 bits per heavy atom. The van der Waals surface area contributed by atoms with Crippen LogP contribution in [-0.2, 0) is 21.4 Å². The van der Waals surface area contributed by atoms with E-state index in [2.05, 4.69) is 15.6 Å². The van der Waals surface area contributed by atoms with Crippen molar-refractivity contribution < 1.29 is 13.2 Å². The quantitative estimate of drug-likeness (QED) is 0.771. The van der Waals surface area contributed by atoms with E-state index in [1.807, 2.05) is 12.1 Å². The molecular weight excluding hydrogens is 396 g/mol. The minimum Gasteiger partial charge on any atom is -0.351 e. The lowest BCUT2D eigenvalue weighted by Gasteiger charge is -2.34. The third-order valence-electron chi connectivity index (χ3n) is 3.97. The van der Waals surface area contributed by atoms with Crippen LogP contribution in [0.15, 0.2) is 40.9 Å². The minimum atomic E-state index is -3.61. The number of piperazine rings is 1. The number of carbonyl (C=O) groups is 1. The van der Waals surface area contributed by atoms with Gasteiger partial charge in [-0.05, 0) is 23.8 Å². The molecule has 1 unspecified atom stereocenters. The number of aromatic nitrogens is 1. The summed E-state index contributed by atoms with van der Waals surface area (Å²) < 4.78 is 28.1. The first-order valence-corrected chi connectivity index (χ1v) is 10.2. The van der Waals surface area contributed by atoms with Gasteiger partial charge in [0, 0.05) is 43.8 Å². The molecule has 0 aliphatic carbocycles. The van der Waals surface area contributed by atoms with Crippen LogP contribution in [0, 0.1) is 0 Å². The predicted molar refractivity (Wildman–Crippen MR) is 103 cm³/mol. The fourth-order valence-corrected chi connectivity index (χ4v) is 5.79. The van der Waals surface area contributed by atoms with Gasteiger partial charge < -0.3 is 10.6 Å². The van der Waals surface area contributed by atoms with Gasteiger partial charge in [0.15, 0.2) is 0 Å². The van der Waals surface area contributed by atoms with Crippen LogP contribution in [-0.4, -0.2) is 43.2 Å². The van der Waals surface area contributed by atoms with Gasteiger partial charge in [0.25, 0.3) is 10.0 Å². The molecule has 2 aromatic rings. The molecule has 1 atom stereocenters. The van der Waals surface area contributed by atoms with Crippen LogP contribution >= 0.6 is 23.7 Å². The topological polar surface area (TPSA) is 91.4 Å². The lowest BCUT2D eigenvalue weighted by molar-refractivity contribution is -0.119. The molecule has 0 bridgehead atoms. The fourth-order valence-electron chi connectivity index (χ4n) is 2.75. The summed E-state index contributed by atoms with van der Waals surface area (Å²) in [6, 6.07) is 6.78. The van der Waals surface area contributed by atoms with Gasteiger partial charge in [-0.1, -0.05) is 6.07 Å². The van der Waals surface area contributed by atoms with Crippen LogP contribution in [0.25, 0.3) is 0 Å². The van der Waals surface area contributed by atoms with Gasteiger partial charge in [-0.3, -0.25) is 9.78 Å². The van der Waals surface area contributed by atoms with E-state index in [1.54, 1.807) is 24.5 Å². The SMILES string of the molecule is CC(=O)NCc1ccc(S(=O)(=O)N2CCNCC2c2cccnc2)s1.Cl. The molecule has 0 saturated carbocycles. The molecular formula is C16H21ClN4O3S2. The van der Waals surface area contributed by atoms with Gasteiger partial charge in [0.2, 0.25) is 5.91 Å². The van der Waals surface area contributed by atoms with Crippen molar-refractivity contribution in [2.24, 2.45) is 0 Å². The Balaban J connectivity index is 0.00000243. The summed E-state index contributed by atoms with van der Waals surface area (Å²) in [5.41, 5.74) is 0.869. The highest BCUT2D eigenvalue weighted by Crippen LogP contribution is 2.31. The van der Waals surface area contributed by atoms with Crippen LogP contribution < -0.4 is 10.6 Å². The molecule has 7 nitrogen and oxygen atoms in total. The molecule has 142 valence electrons. The molecule has 2 aromatic heterocycles. The number of nitrogens with zero attached hydrogens (tertiary/aromatic N) is 2. The number of nitrogens with one attached hydrogen (secondary N) is 2. The molecule has 1 aliphatic rings. The van der Waals surface area contributed by atoms with Gasteiger partial charge in [0.1, 0.15) is 4.21 Å². The molecule has 0 spiro atoms. The van der Waals surface area contributed by atoms with Gasteiger partial charge in [-0.25, -0.2) is 8.42 Å². The number of thiophene rings is 1. The average molecular weight is 417 g/mol. The summed E-state index contributed by atoms with van der Waals surface area (Å²) in [5, 5.41) is 5.93. The summed E-state index contributed by atoms with van der Waals surface area (Å²) in [5.74, 6) is -0.142. The van der Waals surface area contributed by atoms with Crippen molar-refractivity contribution in [2.45, 2.75) is 23.7 Å². The predicted octanol–water partition coefficient (Wildman–Crippen LogP) is 1.54. The number of hydrogen-bond donors (Lipinski definition) is 2. The first kappa shape index (κ1) is 20.8. The summed E-state index contributed by atoms with van der Waals surface area (Å²) in [4.78, 5) is 15.9. The Hall–Kier alpha value is -1.52. The maximum atomic E-state index is 13.1. The molecule has 10 heteroatoms. The standard InChI is InChI=1S/C16H20N4O3S2.ClH/c1-12(21)19-10-14-4-5-16(24-14)25(22,23)20-8-7-18-11-15(20)13-3-2-6-17-9-13;/h2-6,9,15,18H,7-8,10-11H2,1H3,(H,19,21);1H. The van der Waals surface area contributed by atoms with E-state index in [0.717, 1.165) is 10.4 Å². The number of pyridine rings is 1. The van der Waals surface area contributed by atoms with Crippen LogP contribution in [0.2, 0.25) is 0 Å². The van der Waals surface area contributed by atoms with Crippen molar-refractivity contribution in [3.63, 3.8) is 0 Å². The Bertz CT molecular complexity index is 842. The average Bonchev–Trinajstić information content (AvgIpc) is 3.11. The highest BCUT2D eigenvalue weighted by Gasteiger charge is 2.35. The molecule has 1 aliphatic heterocycles. The van der Waals surface area contributed by atoms with Crippen molar-refractivity contribution >= 4 is 39.7 Å². The van der Waals surface area contributed by atoms with Gasteiger partial charge in [-0.2, -0.15) is 4.31 Å². The second-order valence-electron chi connectivity index (χ2n) is 5.75. The third kappa shape index (κ3) is 4.60. The second kappa shape index (κ2) is 8.92. The van der Waals surface area contributed by atoms with Crippen molar-refractivity contribution in [1.29, 1.82) is 0 Å². The van der Waals surface area contributed by atoms with Crippen LogP contribution in [0.3, 0.4) is 0 Å². The molecule has 1 amide bonds. The molecule has 1 fully saturated rings. The highest BCUT2D eigenvalue weighted by molar-refractivity contribution is 7.91. The summed E-state index contributed by atoms with van der Waals surface area (Å²) in [6.45, 7) is 3.34. The second-order valence-corrected chi connectivity index (χ2v) is 9.04. The maximum Gasteiger partial charge on any atom is 0.253 e. The molecule has 0 radical (unpaired) electrons. The van der Waals surface area contributed by atoms with Crippen molar-refractivity contribution in [3.05, 3.63) is 47.1 Å². The minimum absolute atomic E-state index is 0. The number of halogens is 1. The Kier molecular flexibility index (Phi) is 7.13. The van der Waals surface area contributed by atoms with E-state index in [0.29, 0.717) is 30.4 Å². The summed E-state index contributed by atoms with van der Waals surface area (Å²) >= 11 is 1.19. The first-order chi connectivity index (χ1) is 12.0. The van der Waals surface area contributed by atoms with Crippen LogP contribution in [0.1, 0.15) is 23.4 Å². The van der Waals surface area contributed by atoms with Gasteiger partial charge in [0.05, 0.1) is 12.6 Å². The zero-order chi connectivity index (χ0) is 17.9. The molecule has 26 heavy (non-hydrogen) atoms. The smallest absolute Gasteiger partial charge is 0.253 e. The summed E-state index contributed by atoms with van der Waals surface area (Å²) in [7, 11) is -3.61. The van der Waals surface area contributed by atoms with Crippen molar-refractivity contribution in [1.82, 2.24) is 19.9 Å². The van der Waals surface area contributed by atoms with Crippen LogP contribution in [0.4, 0.5) is 0 Å². The monoisotopic (exact) mass is 416 g/mol. The van der Waals surface area contributed by atoms with Gasteiger partial charge in [-0.15, -0.1) is 23.7 Å². The number of sulfonamides is 1. The molecule has 1 saturated heterocycles. The third-order valence-corrected chi connectivity index (χ3v) is 7.44.